The fraction of sp³-hybridized carbons (Fsp3) is 0.700. The third-order valence-electron chi connectivity index (χ3n) is 2.46. The zero-order valence-electron chi connectivity index (χ0n) is 8.79. The topological polar surface area (TPSA) is 52.0 Å². The number of hydrogen-bond donors (Lipinski definition) is 1. The van der Waals surface area contributed by atoms with Crippen molar-refractivity contribution in [1.29, 1.82) is 0 Å². The van der Waals surface area contributed by atoms with E-state index >= 15 is 0 Å². The predicted molar refractivity (Wildman–Crippen MR) is 52.4 cm³/mol. The summed E-state index contributed by atoms with van der Waals surface area (Å²) in [6.45, 7) is 8.28. The molecule has 3 nitrogen and oxygen atoms in total. The van der Waals surface area contributed by atoms with Crippen molar-refractivity contribution in [1.82, 2.24) is 4.98 Å². The molecule has 0 saturated carbocycles. The third-order valence-corrected chi connectivity index (χ3v) is 2.46. The zero-order valence-corrected chi connectivity index (χ0v) is 8.79. The van der Waals surface area contributed by atoms with Gasteiger partial charge in [0.05, 0.1) is 12.2 Å². The lowest BCUT2D eigenvalue weighted by molar-refractivity contribution is 0.346. The highest BCUT2D eigenvalue weighted by Gasteiger charge is 2.23. The first-order valence-corrected chi connectivity index (χ1v) is 4.69. The highest BCUT2D eigenvalue weighted by Crippen LogP contribution is 2.27. The number of nitrogens with two attached hydrogens (primary N) is 1. The molecule has 0 bridgehead atoms. The van der Waals surface area contributed by atoms with Crippen LogP contribution in [0.4, 0.5) is 0 Å². The van der Waals surface area contributed by atoms with Crippen LogP contribution >= 0.6 is 0 Å². The van der Waals surface area contributed by atoms with Gasteiger partial charge in [-0.3, -0.25) is 0 Å². The molecule has 0 aliphatic heterocycles. The molecule has 1 aromatic rings. The van der Waals surface area contributed by atoms with Crippen molar-refractivity contribution in [3.63, 3.8) is 0 Å². The summed E-state index contributed by atoms with van der Waals surface area (Å²) < 4.78 is 5.56. The Morgan fingerprint density at radius 1 is 1.62 bits per heavy atom. The maximum absolute atomic E-state index is 5.66. The molecule has 0 aliphatic carbocycles. The Bertz CT molecular complexity index is 276. The molecule has 0 saturated heterocycles. The Morgan fingerprint density at radius 3 is 2.62 bits per heavy atom. The van der Waals surface area contributed by atoms with E-state index in [2.05, 4.69) is 25.8 Å². The first kappa shape index (κ1) is 10.3. The molecule has 3 heteroatoms. The smallest absolute Gasteiger partial charge is 0.211 e. The summed E-state index contributed by atoms with van der Waals surface area (Å²) in [5.41, 5.74) is 5.71. The van der Waals surface area contributed by atoms with Gasteiger partial charge in [0.1, 0.15) is 5.76 Å². The van der Waals surface area contributed by atoms with Gasteiger partial charge in [-0.05, 0) is 13.3 Å². The Labute approximate surface area is 79.3 Å². The molecule has 0 spiro atoms. The number of aromatic nitrogens is 1. The Morgan fingerprint density at radius 2 is 2.23 bits per heavy atom. The predicted octanol–water partition coefficient (Wildman–Crippen LogP) is 2.38. The van der Waals surface area contributed by atoms with Gasteiger partial charge in [-0.2, -0.15) is 0 Å². The number of hydrogen-bond acceptors (Lipinski definition) is 3. The molecule has 1 rings (SSSR count). The van der Waals surface area contributed by atoms with Crippen LogP contribution in [0.15, 0.2) is 10.6 Å². The molecule has 0 amide bonds. The van der Waals surface area contributed by atoms with Crippen LogP contribution in [0.2, 0.25) is 0 Å². The number of rotatable bonds is 3. The van der Waals surface area contributed by atoms with Gasteiger partial charge in [0.2, 0.25) is 5.89 Å². The quantitative estimate of drug-likeness (QED) is 0.780. The van der Waals surface area contributed by atoms with Crippen molar-refractivity contribution in [2.45, 2.75) is 45.6 Å². The minimum absolute atomic E-state index is 0.0557. The summed E-state index contributed by atoms with van der Waals surface area (Å²) in [5.74, 6) is 1.54. The van der Waals surface area contributed by atoms with Gasteiger partial charge in [0.15, 0.2) is 0 Å². The van der Waals surface area contributed by atoms with Gasteiger partial charge in [-0.1, -0.05) is 20.8 Å². The molecular weight excluding hydrogens is 164 g/mol. The highest BCUT2D eigenvalue weighted by atomic mass is 16.4. The minimum Gasteiger partial charge on any atom is -0.443 e. The SMILES string of the molecule is CCC(C)(C)c1cnc(C(C)N)o1. The summed E-state index contributed by atoms with van der Waals surface area (Å²) in [4.78, 5) is 4.14. The standard InChI is InChI=1S/C10H18N2O/c1-5-10(3,4)8-6-12-9(13-8)7(2)11/h6-7H,5,11H2,1-4H3. The average molecular weight is 182 g/mol. The summed E-state index contributed by atoms with van der Waals surface area (Å²) >= 11 is 0. The Kier molecular flexibility index (Phi) is 2.76. The molecule has 13 heavy (non-hydrogen) atoms. The molecule has 1 aromatic heterocycles. The molecule has 1 atom stereocenters. The van der Waals surface area contributed by atoms with Crippen LogP contribution in [-0.4, -0.2) is 4.98 Å². The fourth-order valence-corrected chi connectivity index (χ4v) is 0.985. The molecule has 0 fully saturated rings. The average Bonchev–Trinajstić information content (AvgIpc) is 2.52. The second-order valence-corrected chi connectivity index (χ2v) is 4.09. The maximum atomic E-state index is 5.66. The van der Waals surface area contributed by atoms with Crippen LogP contribution < -0.4 is 5.73 Å². The summed E-state index contributed by atoms with van der Waals surface area (Å²) in [6, 6.07) is -0.124. The summed E-state index contributed by atoms with van der Waals surface area (Å²) in [6.07, 6.45) is 2.81. The van der Waals surface area contributed by atoms with Gasteiger partial charge in [-0.15, -0.1) is 0 Å². The molecule has 0 aliphatic rings. The number of nitrogens with zero attached hydrogens (tertiary/aromatic N) is 1. The molecule has 1 heterocycles. The van der Waals surface area contributed by atoms with Crippen molar-refractivity contribution >= 4 is 0 Å². The van der Waals surface area contributed by atoms with Gasteiger partial charge < -0.3 is 10.2 Å². The first-order valence-electron chi connectivity index (χ1n) is 4.69. The van der Waals surface area contributed by atoms with Crippen molar-refractivity contribution in [2.24, 2.45) is 5.73 Å². The van der Waals surface area contributed by atoms with Crippen molar-refractivity contribution < 1.29 is 4.42 Å². The summed E-state index contributed by atoms with van der Waals surface area (Å²) in [5, 5.41) is 0. The fourth-order valence-electron chi connectivity index (χ4n) is 0.985. The third kappa shape index (κ3) is 2.10. The van der Waals surface area contributed by atoms with Crippen LogP contribution in [0, 0.1) is 0 Å². The van der Waals surface area contributed by atoms with Gasteiger partial charge in [0, 0.05) is 5.41 Å². The van der Waals surface area contributed by atoms with E-state index in [1.807, 2.05) is 6.92 Å². The van der Waals surface area contributed by atoms with Crippen LogP contribution in [-0.2, 0) is 5.41 Å². The van der Waals surface area contributed by atoms with E-state index in [1.54, 1.807) is 6.20 Å². The van der Waals surface area contributed by atoms with E-state index in [-0.39, 0.29) is 11.5 Å². The van der Waals surface area contributed by atoms with Gasteiger partial charge in [0.25, 0.3) is 0 Å². The van der Waals surface area contributed by atoms with Crippen LogP contribution in [0.3, 0.4) is 0 Å². The van der Waals surface area contributed by atoms with Crippen molar-refractivity contribution in [2.75, 3.05) is 0 Å². The molecule has 1 unspecified atom stereocenters. The van der Waals surface area contributed by atoms with E-state index in [0.717, 1.165) is 12.2 Å². The van der Waals surface area contributed by atoms with Crippen LogP contribution in [0.5, 0.6) is 0 Å². The molecule has 74 valence electrons. The van der Waals surface area contributed by atoms with E-state index in [4.69, 9.17) is 10.2 Å². The largest absolute Gasteiger partial charge is 0.443 e. The minimum atomic E-state index is -0.124. The van der Waals surface area contributed by atoms with Crippen molar-refractivity contribution in [3.05, 3.63) is 17.8 Å². The summed E-state index contributed by atoms with van der Waals surface area (Å²) in [7, 11) is 0. The van der Waals surface area contributed by atoms with Crippen molar-refractivity contribution in [3.8, 4) is 0 Å². The Balaban J connectivity index is 2.91. The lowest BCUT2D eigenvalue weighted by atomic mass is 9.88. The normalized spacial score (nSPS) is 14.5. The van der Waals surface area contributed by atoms with Gasteiger partial charge in [-0.25, -0.2) is 4.98 Å². The lowest BCUT2D eigenvalue weighted by Gasteiger charge is -2.18. The second-order valence-electron chi connectivity index (χ2n) is 4.09. The number of oxazole rings is 1. The Hall–Kier alpha value is -0.830. The molecule has 0 radical (unpaired) electrons. The van der Waals surface area contributed by atoms with E-state index < -0.39 is 0 Å². The second kappa shape index (κ2) is 3.50. The maximum Gasteiger partial charge on any atom is 0.211 e. The van der Waals surface area contributed by atoms with Crippen LogP contribution in [0.1, 0.15) is 51.8 Å². The molecule has 0 aromatic carbocycles. The van der Waals surface area contributed by atoms with E-state index in [1.165, 1.54) is 0 Å². The van der Waals surface area contributed by atoms with E-state index in [0.29, 0.717) is 5.89 Å². The highest BCUT2D eigenvalue weighted by molar-refractivity contribution is 5.08. The van der Waals surface area contributed by atoms with E-state index in [9.17, 15) is 0 Å². The van der Waals surface area contributed by atoms with Gasteiger partial charge >= 0.3 is 0 Å². The zero-order chi connectivity index (χ0) is 10.1. The monoisotopic (exact) mass is 182 g/mol. The molecular formula is C10H18N2O. The van der Waals surface area contributed by atoms with Crippen LogP contribution in [0.25, 0.3) is 0 Å². The molecule has 2 N–H and O–H groups in total. The first-order chi connectivity index (χ1) is 5.97. The lowest BCUT2D eigenvalue weighted by Crippen LogP contribution is -2.14.